The van der Waals surface area contributed by atoms with Crippen molar-refractivity contribution in [2.24, 2.45) is 0 Å². The van der Waals surface area contributed by atoms with Crippen LogP contribution in [0.3, 0.4) is 0 Å². The highest BCUT2D eigenvalue weighted by Crippen LogP contribution is 2.49. The quantitative estimate of drug-likeness (QED) is 0.0833. The number of nitrogens with zero attached hydrogens (tertiary/aromatic N) is 2. The monoisotopic (exact) mass is 506 g/mol. The van der Waals surface area contributed by atoms with Crippen LogP contribution in [0, 0.1) is 0 Å². The summed E-state index contributed by atoms with van der Waals surface area (Å²) in [7, 11) is -1.16. The average Bonchev–Trinajstić information content (AvgIpc) is 2.81. The SMILES string of the molecule is CCCCCCCCCCCCN(CCCOP(=O)(OCC)OCC)CCCN(C)CCCC. The summed E-state index contributed by atoms with van der Waals surface area (Å²) >= 11 is 0. The van der Waals surface area contributed by atoms with Gasteiger partial charge in [-0.2, -0.15) is 0 Å². The minimum atomic E-state index is -3.40. The van der Waals surface area contributed by atoms with E-state index in [9.17, 15) is 4.57 Å². The van der Waals surface area contributed by atoms with Gasteiger partial charge in [-0.3, -0.25) is 13.6 Å². The Kier molecular flexibility index (Phi) is 24.7. The molecule has 0 aliphatic rings. The van der Waals surface area contributed by atoms with Gasteiger partial charge in [0.1, 0.15) is 0 Å². The van der Waals surface area contributed by atoms with Crippen molar-refractivity contribution >= 4 is 7.82 Å². The van der Waals surface area contributed by atoms with Crippen LogP contribution < -0.4 is 0 Å². The van der Waals surface area contributed by atoms with E-state index in [1.165, 1.54) is 90.0 Å². The molecule has 0 aromatic rings. The van der Waals surface area contributed by atoms with Gasteiger partial charge in [0.05, 0.1) is 19.8 Å². The first-order chi connectivity index (χ1) is 16.5. The van der Waals surface area contributed by atoms with Crippen molar-refractivity contribution in [3.8, 4) is 0 Å². The van der Waals surface area contributed by atoms with E-state index in [4.69, 9.17) is 13.6 Å². The summed E-state index contributed by atoms with van der Waals surface area (Å²) in [6, 6.07) is 0. The van der Waals surface area contributed by atoms with Gasteiger partial charge in [-0.25, -0.2) is 4.57 Å². The minimum absolute atomic E-state index is 0.327. The molecule has 0 spiro atoms. The van der Waals surface area contributed by atoms with Crippen LogP contribution in [0.1, 0.15) is 118 Å². The summed E-state index contributed by atoms with van der Waals surface area (Å²) in [6.45, 7) is 14.8. The molecule has 0 aromatic carbocycles. The molecule has 0 aliphatic heterocycles. The summed E-state index contributed by atoms with van der Waals surface area (Å²) < 4.78 is 28.5. The number of hydrogen-bond donors (Lipinski definition) is 0. The van der Waals surface area contributed by atoms with E-state index in [2.05, 4.69) is 30.7 Å². The standard InChI is InChI=1S/C27H59N2O4P/c1-6-10-12-13-14-15-16-17-18-19-24-29(25-20-23-28(5)22-11-7-2)26-21-27-33-34(30,31-8-3)32-9-4/h6-27H2,1-5H3. The maximum absolute atomic E-state index is 12.5. The summed E-state index contributed by atoms with van der Waals surface area (Å²) in [5.41, 5.74) is 0. The van der Waals surface area contributed by atoms with Crippen LogP contribution in [-0.2, 0) is 18.1 Å². The molecule has 206 valence electrons. The lowest BCUT2D eigenvalue weighted by atomic mass is 10.1. The topological polar surface area (TPSA) is 51.2 Å². The normalized spacial score (nSPS) is 12.3. The Morgan fingerprint density at radius 3 is 1.56 bits per heavy atom. The predicted octanol–water partition coefficient (Wildman–Crippen LogP) is 7.92. The third-order valence-corrected chi connectivity index (χ3v) is 7.83. The van der Waals surface area contributed by atoms with Crippen LogP contribution in [0.2, 0.25) is 0 Å². The molecular formula is C27H59N2O4P. The Labute approximate surface area is 213 Å². The molecular weight excluding hydrogens is 447 g/mol. The molecule has 0 aliphatic carbocycles. The van der Waals surface area contributed by atoms with Gasteiger partial charge < -0.3 is 9.80 Å². The molecule has 0 radical (unpaired) electrons. The van der Waals surface area contributed by atoms with Gasteiger partial charge in [-0.1, -0.05) is 78.1 Å². The number of rotatable bonds is 27. The average molecular weight is 507 g/mol. The highest BCUT2D eigenvalue weighted by Gasteiger charge is 2.24. The Bertz CT molecular complexity index is 458. The Morgan fingerprint density at radius 1 is 0.529 bits per heavy atom. The van der Waals surface area contributed by atoms with Gasteiger partial charge in [0.15, 0.2) is 0 Å². The van der Waals surface area contributed by atoms with Crippen LogP contribution >= 0.6 is 7.82 Å². The van der Waals surface area contributed by atoms with Gasteiger partial charge in [0, 0.05) is 6.54 Å². The van der Waals surface area contributed by atoms with Crippen molar-refractivity contribution in [3.63, 3.8) is 0 Å². The first-order valence-electron chi connectivity index (χ1n) is 14.5. The van der Waals surface area contributed by atoms with Crippen LogP contribution in [0.25, 0.3) is 0 Å². The molecule has 0 unspecified atom stereocenters. The van der Waals surface area contributed by atoms with Crippen molar-refractivity contribution in [1.29, 1.82) is 0 Å². The minimum Gasteiger partial charge on any atom is -0.306 e. The molecule has 0 aromatic heterocycles. The zero-order chi connectivity index (χ0) is 25.3. The Morgan fingerprint density at radius 2 is 1.00 bits per heavy atom. The van der Waals surface area contributed by atoms with E-state index in [1.807, 2.05) is 0 Å². The highest BCUT2D eigenvalue weighted by molar-refractivity contribution is 7.48. The molecule has 0 saturated carbocycles. The van der Waals surface area contributed by atoms with Crippen LogP contribution in [-0.4, -0.2) is 69.4 Å². The van der Waals surface area contributed by atoms with Crippen LogP contribution in [0.15, 0.2) is 0 Å². The van der Waals surface area contributed by atoms with Gasteiger partial charge in [0.25, 0.3) is 0 Å². The maximum atomic E-state index is 12.5. The van der Waals surface area contributed by atoms with E-state index < -0.39 is 7.82 Å². The zero-order valence-electron chi connectivity index (χ0n) is 23.5. The predicted molar refractivity (Wildman–Crippen MR) is 147 cm³/mol. The largest absolute Gasteiger partial charge is 0.474 e. The number of phosphoric ester groups is 1. The molecule has 0 atom stereocenters. The molecule has 0 N–H and O–H groups in total. The lowest BCUT2D eigenvalue weighted by Crippen LogP contribution is -2.31. The zero-order valence-corrected chi connectivity index (χ0v) is 24.4. The lowest BCUT2D eigenvalue weighted by molar-refractivity contribution is 0.116. The number of phosphoric acid groups is 1. The molecule has 0 fully saturated rings. The molecule has 0 amide bonds. The summed E-state index contributed by atoms with van der Waals surface area (Å²) in [5, 5.41) is 0. The van der Waals surface area contributed by atoms with Crippen molar-refractivity contribution < 1.29 is 18.1 Å². The number of hydrogen-bond acceptors (Lipinski definition) is 6. The Balaban J connectivity index is 4.24. The first kappa shape index (κ1) is 34.0. The van der Waals surface area contributed by atoms with E-state index in [0.717, 1.165) is 32.6 Å². The first-order valence-corrected chi connectivity index (χ1v) is 15.9. The van der Waals surface area contributed by atoms with Crippen molar-refractivity contribution in [2.75, 3.05) is 59.6 Å². The van der Waals surface area contributed by atoms with Crippen LogP contribution in [0.5, 0.6) is 0 Å². The lowest BCUT2D eigenvalue weighted by Gasteiger charge is -2.24. The molecule has 0 rings (SSSR count). The van der Waals surface area contributed by atoms with E-state index in [0.29, 0.717) is 19.8 Å². The molecule has 0 heterocycles. The smallest absolute Gasteiger partial charge is 0.306 e. The van der Waals surface area contributed by atoms with Crippen LogP contribution in [0.4, 0.5) is 0 Å². The number of unbranched alkanes of at least 4 members (excludes halogenated alkanes) is 10. The maximum Gasteiger partial charge on any atom is 0.474 e. The van der Waals surface area contributed by atoms with Gasteiger partial charge in [0.2, 0.25) is 0 Å². The second-order valence-corrected chi connectivity index (χ2v) is 11.2. The second-order valence-electron chi connectivity index (χ2n) is 9.50. The molecule has 7 heteroatoms. The third kappa shape index (κ3) is 21.3. The summed E-state index contributed by atoms with van der Waals surface area (Å²) in [6.07, 6.45) is 18.2. The van der Waals surface area contributed by atoms with Gasteiger partial charge in [-0.15, -0.1) is 0 Å². The third-order valence-electron chi connectivity index (χ3n) is 6.18. The molecule has 0 bridgehead atoms. The van der Waals surface area contributed by atoms with E-state index >= 15 is 0 Å². The van der Waals surface area contributed by atoms with E-state index in [-0.39, 0.29) is 0 Å². The fraction of sp³-hybridized carbons (Fsp3) is 1.00. The Hall–Kier alpha value is 0.0300. The second kappa shape index (κ2) is 24.7. The fourth-order valence-electron chi connectivity index (χ4n) is 4.15. The molecule has 34 heavy (non-hydrogen) atoms. The molecule has 0 saturated heterocycles. The van der Waals surface area contributed by atoms with Crippen molar-refractivity contribution in [1.82, 2.24) is 9.80 Å². The molecule has 6 nitrogen and oxygen atoms in total. The van der Waals surface area contributed by atoms with Gasteiger partial charge >= 0.3 is 7.82 Å². The highest BCUT2D eigenvalue weighted by atomic mass is 31.2. The fourth-order valence-corrected chi connectivity index (χ4v) is 5.36. The van der Waals surface area contributed by atoms with Gasteiger partial charge in [-0.05, 0) is 72.8 Å². The van der Waals surface area contributed by atoms with E-state index in [1.54, 1.807) is 13.8 Å². The summed E-state index contributed by atoms with van der Waals surface area (Å²) in [5.74, 6) is 0. The summed E-state index contributed by atoms with van der Waals surface area (Å²) in [4.78, 5) is 5.01. The van der Waals surface area contributed by atoms with Crippen molar-refractivity contribution in [3.05, 3.63) is 0 Å². The van der Waals surface area contributed by atoms with Crippen molar-refractivity contribution in [2.45, 2.75) is 118 Å².